The molecule has 5 rings (SSSR count). The number of rotatable bonds is 4. The fourth-order valence-corrected chi connectivity index (χ4v) is 4.85. The van der Waals surface area contributed by atoms with Crippen LogP contribution in [-0.2, 0) is 13.6 Å². The predicted octanol–water partition coefficient (Wildman–Crippen LogP) is 2.77. The van der Waals surface area contributed by atoms with E-state index in [2.05, 4.69) is 14.9 Å². The van der Waals surface area contributed by atoms with Gasteiger partial charge in [0.2, 0.25) is 5.89 Å². The van der Waals surface area contributed by atoms with Gasteiger partial charge in [-0.2, -0.15) is 0 Å². The highest BCUT2D eigenvalue weighted by atomic mass is 32.1. The third-order valence-electron chi connectivity index (χ3n) is 5.47. The highest BCUT2D eigenvalue weighted by Crippen LogP contribution is 2.29. The molecule has 0 saturated carbocycles. The molecular weight excluding hydrogens is 402 g/mol. The van der Waals surface area contributed by atoms with Crippen molar-refractivity contribution in [3.63, 3.8) is 0 Å². The van der Waals surface area contributed by atoms with Crippen LogP contribution in [0.3, 0.4) is 0 Å². The van der Waals surface area contributed by atoms with E-state index in [0.29, 0.717) is 27.7 Å². The van der Waals surface area contributed by atoms with Crippen molar-refractivity contribution in [3.05, 3.63) is 62.6 Å². The minimum Gasteiger partial charge on any atom is -0.441 e. The number of aromatic nitrogens is 4. The topological polar surface area (TPSA) is 86.2 Å². The first kappa shape index (κ1) is 18.8. The van der Waals surface area contributed by atoms with E-state index in [-0.39, 0.29) is 12.1 Å². The van der Waals surface area contributed by atoms with Crippen molar-refractivity contribution in [2.45, 2.75) is 26.3 Å². The molecule has 0 bridgehead atoms. The van der Waals surface area contributed by atoms with Gasteiger partial charge in [-0.05, 0) is 31.9 Å². The second-order valence-electron chi connectivity index (χ2n) is 7.46. The molecule has 0 aliphatic carbocycles. The summed E-state index contributed by atoms with van der Waals surface area (Å²) in [4.78, 5) is 37.1. The lowest BCUT2D eigenvalue weighted by atomic mass is 10.2. The van der Waals surface area contributed by atoms with E-state index in [4.69, 9.17) is 4.42 Å². The first-order chi connectivity index (χ1) is 14.5. The summed E-state index contributed by atoms with van der Waals surface area (Å²) in [6, 6.07) is 9.62. The van der Waals surface area contributed by atoms with Gasteiger partial charge in [0.15, 0.2) is 10.8 Å². The van der Waals surface area contributed by atoms with E-state index in [9.17, 15) is 9.59 Å². The van der Waals surface area contributed by atoms with Crippen LogP contribution in [0.4, 0.5) is 5.13 Å². The molecular formula is C21H21N5O3S. The average molecular weight is 423 g/mol. The summed E-state index contributed by atoms with van der Waals surface area (Å²) in [6.07, 6.45) is 2.22. The molecule has 1 aliphatic heterocycles. The number of thiazole rings is 1. The number of anilines is 1. The van der Waals surface area contributed by atoms with Crippen molar-refractivity contribution >= 4 is 26.8 Å². The second-order valence-corrected chi connectivity index (χ2v) is 8.44. The molecule has 1 aromatic carbocycles. The van der Waals surface area contributed by atoms with Gasteiger partial charge < -0.3 is 9.32 Å². The molecule has 4 heterocycles. The molecule has 1 fully saturated rings. The zero-order chi connectivity index (χ0) is 20.8. The molecule has 3 aromatic heterocycles. The Balaban J connectivity index is 1.61. The van der Waals surface area contributed by atoms with Crippen LogP contribution < -0.4 is 16.1 Å². The van der Waals surface area contributed by atoms with Crippen LogP contribution in [0.5, 0.6) is 0 Å². The zero-order valence-electron chi connectivity index (χ0n) is 16.8. The SMILES string of the molecule is Cc1oc(-c2ccccc2)nc1Cn1c(=O)n(C)c(=O)c2sc(N3CCCC3)nc21. The van der Waals surface area contributed by atoms with E-state index in [1.807, 2.05) is 37.3 Å². The van der Waals surface area contributed by atoms with Crippen LogP contribution in [0, 0.1) is 6.92 Å². The number of nitrogens with zero attached hydrogens (tertiary/aromatic N) is 5. The normalized spacial score (nSPS) is 14.1. The number of benzene rings is 1. The molecule has 1 aliphatic rings. The fraction of sp³-hybridized carbons (Fsp3) is 0.333. The lowest BCUT2D eigenvalue weighted by Gasteiger charge is -2.11. The van der Waals surface area contributed by atoms with E-state index >= 15 is 0 Å². The Morgan fingerprint density at radius 1 is 1.10 bits per heavy atom. The van der Waals surface area contributed by atoms with Crippen molar-refractivity contribution in [3.8, 4) is 11.5 Å². The van der Waals surface area contributed by atoms with E-state index in [1.54, 1.807) is 0 Å². The molecule has 9 heteroatoms. The Morgan fingerprint density at radius 2 is 1.83 bits per heavy atom. The molecule has 0 spiro atoms. The van der Waals surface area contributed by atoms with Gasteiger partial charge in [-0.1, -0.05) is 29.5 Å². The highest BCUT2D eigenvalue weighted by molar-refractivity contribution is 7.22. The minimum atomic E-state index is -0.408. The summed E-state index contributed by atoms with van der Waals surface area (Å²) in [5.74, 6) is 1.14. The molecule has 0 N–H and O–H groups in total. The minimum absolute atomic E-state index is 0.189. The van der Waals surface area contributed by atoms with Gasteiger partial charge in [-0.3, -0.25) is 13.9 Å². The molecule has 0 unspecified atom stereocenters. The summed E-state index contributed by atoms with van der Waals surface area (Å²) < 4.78 is 8.99. The fourth-order valence-electron chi connectivity index (χ4n) is 3.75. The van der Waals surface area contributed by atoms with Crippen molar-refractivity contribution in [2.24, 2.45) is 7.05 Å². The van der Waals surface area contributed by atoms with Gasteiger partial charge in [0, 0.05) is 25.7 Å². The Kier molecular flexibility index (Phi) is 4.54. The molecule has 0 radical (unpaired) electrons. The van der Waals surface area contributed by atoms with Crippen LogP contribution in [0.1, 0.15) is 24.3 Å². The quantitative estimate of drug-likeness (QED) is 0.502. The van der Waals surface area contributed by atoms with Crippen LogP contribution in [0.2, 0.25) is 0 Å². The summed E-state index contributed by atoms with van der Waals surface area (Å²) in [7, 11) is 1.50. The van der Waals surface area contributed by atoms with Gasteiger partial charge in [-0.25, -0.2) is 14.8 Å². The van der Waals surface area contributed by atoms with Crippen molar-refractivity contribution in [1.82, 2.24) is 19.1 Å². The van der Waals surface area contributed by atoms with Gasteiger partial charge in [0.05, 0.1) is 6.54 Å². The van der Waals surface area contributed by atoms with Crippen molar-refractivity contribution < 1.29 is 4.42 Å². The maximum Gasteiger partial charge on any atom is 0.332 e. The predicted molar refractivity (Wildman–Crippen MR) is 116 cm³/mol. The Hall–Kier alpha value is -3.20. The van der Waals surface area contributed by atoms with Gasteiger partial charge in [0.1, 0.15) is 16.2 Å². The van der Waals surface area contributed by atoms with Crippen LogP contribution in [0.15, 0.2) is 44.3 Å². The standard InChI is InChI=1S/C21H21N5O3S/c1-13-15(22-18(29-13)14-8-4-3-5-9-14)12-26-17-16(19(27)24(2)21(26)28)30-20(23-17)25-10-6-7-11-25/h3-5,8-9H,6-7,10-12H2,1-2H3. The monoisotopic (exact) mass is 423 g/mol. The summed E-state index contributed by atoms with van der Waals surface area (Å²) in [5.41, 5.74) is 1.21. The first-order valence-corrected chi connectivity index (χ1v) is 10.7. The van der Waals surface area contributed by atoms with Crippen LogP contribution in [-0.4, -0.2) is 32.2 Å². The van der Waals surface area contributed by atoms with E-state index in [0.717, 1.165) is 41.2 Å². The van der Waals surface area contributed by atoms with Crippen LogP contribution >= 0.6 is 11.3 Å². The largest absolute Gasteiger partial charge is 0.441 e. The Bertz CT molecular complexity index is 1340. The van der Waals surface area contributed by atoms with E-state index in [1.165, 1.54) is 23.0 Å². The maximum atomic E-state index is 12.9. The summed E-state index contributed by atoms with van der Waals surface area (Å²) in [5, 5.41) is 0.792. The molecule has 8 nitrogen and oxygen atoms in total. The Labute approximate surface area is 176 Å². The second kappa shape index (κ2) is 7.24. The number of fused-ring (bicyclic) bond motifs is 1. The Morgan fingerprint density at radius 3 is 2.57 bits per heavy atom. The zero-order valence-corrected chi connectivity index (χ0v) is 17.6. The summed E-state index contributed by atoms with van der Waals surface area (Å²) in [6.45, 7) is 3.87. The highest BCUT2D eigenvalue weighted by Gasteiger charge is 2.22. The third kappa shape index (κ3) is 3.06. The lowest BCUT2D eigenvalue weighted by Crippen LogP contribution is -2.38. The third-order valence-corrected chi connectivity index (χ3v) is 6.56. The number of hydrogen-bond donors (Lipinski definition) is 0. The number of hydrogen-bond acceptors (Lipinski definition) is 7. The molecule has 30 heavy (non-hydrogen) atoms. The van der Waals surface area contributed by atoms with Gasteiger partial charge in [0.25, 0.3) is 5.56 Å². The molecule has 0 atom stereocenters. The first-order valence-electron chi connectivity index (χ1n) is 9.90. The van der Waals surface area contributed by atoms with Gasteiger partial charge >= 0.3 is 5.69 Å². The number of oxazole rings is 1. The lowest BCUT2D eigenvalue weighted by molar-refractivity contribution is 0.537. The van der Waals surface area contributed by atoms with Gasteiger partial charge in [-0.15, -0.1) is 0 Å². The molecule has 0 amide bonds. The maximum absolute atomic E-state index is 12.9. The van der Waals surface area contributed by atoms with Crippen molar-refractivity contribution in [1.29, 1.82) is 0 Å². The smallest absolute Gasteiger partial charge is 0.332 e. The van der Waals surface area contributed by atoms with Crippen LogP contribution in [0.25, 0.3) is 21.8 Å². The molecule has 154 valence electrons. The number of aryl methyl sites for hydroxylation is 1. The van der Waals surface area contributed by atoms with E-state index < -0.39 is 5.69 Å². The molecule has 1 saturated heterocycles. The van der Waals surface area contributed by atoms with Crippen molar-refractivity contribution in [2.75, 3.05) is 18.0 Å². The summed E-state index contributed by atoms with van der Waals surface area (Å²) >= 11 is 1.35. The average Bonchev–Trinajstić information content (AvgIpc) is 3.50. The molecule has 4 aromatic rings.